The van der Waals surface area contributed by atoms with Crippen LogP contribution in [0.4, 0.5) is 0 Å². The van der Waals surface area contributed by atoms with Crippen molar-refractivity contribution in [1.29, 1.82) is 0 Å². The average Bonchev–Trinajstić information content (AvgIpc) is 2.94. The molecular formula is C17H24N2O3S. The lowest BCUT2D eigenvalue weighted by Gasteiger charge is -2.14. The first kappa shape index (κ1) is 17.5. The topological polar surface area (TPSA) is 61.2 Å². The van der Waals surface area contributed by atoms with Crippen LogP contribution in [0.2, 0.25) is 0 Å². The van der Waals surface area contributed by atoms with Gasteiger partial charge in [0.05, 0.1) is 12.3 Å². The molecule has 23 heavy (non-hydrogen) atoms. The molecule has 0 aliphatic rings. The number of benzene rings is 1. The summed E-state index contributed by atoms with van der Waals surface area (Å²) in [6.07, 6.45) is 4.52. The number of aryl methyl sites for hydroxylation is 3. The van der Waals surface area contributed by atoms with Gasteiger partial charge in [-0.25, -0.2) is 0 Å². The van der Waals surface area contributed by atoms with Gasteiger partial charge in [0.2, 0.25) is 0 Å². The van der Waals surface area contributed by atoms with Crippen molar-refractivity contribution >= 4 is 10.0 Å². The summed E-state index contributed by atoms with van der Waals surface area (Å²) < 4.78 is 32.5. The fourth-order valence-electron chi connectivity index (χ4n) is 2.24. The lowest BCUT2D eigenvalue weighted by molar-refractivity contribution is 0.298. The number of nitrogens with zero attached hydrogens (tertiary/aromatic N) is 2. The highest BCUT2D eigenvalue weighted by Gasteiger charge is 2.23. The number of hydrogen-bond donors (Lipinski definition) is 0. The Balaban J connectivity index is 2.41. The van der Waals surface area contributed by atoms with Gasteiger partial charge in [0.25, 0.3) is 10.0 Å². The van der Waals surface area contributed by atoms with Crippen LogP contribution < -0.4 is 4.74 Å². The minimum atomic E-state index is -3.75. The first-order valence-corrected chi connectivity index (χ1v) is 9.32. The standard InChI is InChI=1S/C17H24N2O3S/c1-5-6-7-10-22-16-11-13(2)14(3)12-17(16)23(20,21)19-9-8-15(4)18-19/h8-9,11-12H,5-7,10H2,1-4H3. The second kappa shape index (κ2) is 7.17. The van der Waals surface area contributed by atoms with Crippen LogP contribution in [0.5, 0.6) is 5.75 Å². The van der Waals surface area contributed by atoms with Gasteiger partial charge in [-0.15, -0.1) is 0 Å². The summed E-state index contributed by atoms with van der Waals surface area (Å²) in [5.41, 5.74) is 2.57. The summed E-state index contributed by atoms with van der Waals surface area (Å²) in [4.78, 5) is 0.167. The third kappa shape index (κ3) is 3.93. The molecule has 2 rings (SSSR count). The van der Waals surface area contributed by atoms with Gasteiger partial charge in [-0.05, 0) is 56.5 Å². The quantitative estimate of drug-likeness (QED) is 0.725. The van der Waals surface area contributed by atoms with E-state index in [9.17, 15) is 8.42 Å². The fourth-order valence-corrected chi connectivity index (χ4v) is 3.60. The van der Waals surface area contributed by atoms with Crippen LogP contribution in [-0.2, 0) is 10.0 Å². The maximum absolute atomic E-state index is 12.8. The highest BCUT2D eigenvalue weighted by Crippen LogP contribution is 2.29. The van der Waals surface area contributed by atoms with E-state index in [0.717, 1.165) is 34.5 Å². The molecule has 5 nitrogen and oxygen atoms in total. The highest BCUT2D eigenvalue weighted by molar-refractivity contribution is 7.90. The second-order valence-electron chi connectivity index (χ2n) is 5.77. The van der Waals surface area contributed by atoms with Crippen LogP contribution in [0.25, 0.3) is 0 Å². The predicted molar refractivity (Wildman–Crippen MR) is 90.5 cm³/mol. The molecule has 0 atom stereocenters. The SMILES string of the molecule is CCCCCOc1cc(C)c(C)cc1S(=O)(=O)n1ccc(C)n1. The van der Waals surface area contributed by atoms with Crippen molar-refractivity contribution in [2.45, 2.75) is 51.9 Å². The molecular weight excluding hydrogens is 312 g/mol. The van der Waals surface area contributed by atoms with E-state index in [-0.39, 0.29) is 4.90 Å². The predicted octanol–water partition coefficient (Wildman–Crippen LogP) is 3.61. The van der Waals surface area contributed by atoms with Gasteiger partial charge in [0.15, 0.2) is 0 Å². The van der Waals surface area contributed by atoms with Gasteiger partial charge in [-0.3, -0.25) is 0 Å². The van der Waals surface area contributed by atoms with E-state index >= 15 is 0 Å². The van der Waals surface area contributed by atoms with E-state index < -0.39 is 10.0 Å². The van der Waals surface area contributed by atoms with E-state index in [2.05, 4.69) is 12.0 Å². The van der Waals surface area contributed by atoms with Gasteiger partial charge in [0.1, 0.15) is 10.6 Å². The number of aromatic nitrogens is 2. The Morgan fingerprint density at radius 2 is 1.83 bits per heavy atom. The second-order valence-corrected chi connectivity index (χ2v) is 7.54. The normalized spacial score (nSPS) is 11.7. The molecule has 1 aromatic heterocycles. The van der Waals surface area contributed by atoms with Gasteiger partial charge < -0.3 is 4.74 Å². The van der Waals surface area contributed by atoms with E-state index in [1.807, 2.05) is 13.8 Å². The van der Waals surface area contributed by atoms with Crippen molar-refractivity contribution in [3.05, 3.63) is 41.2 Å². The number of unbranched alkanes of at least 4 members (excludes halogenated alkanes) is 2. The molecule has 0 aliphatic carbocycles. The minimum absolute atomic E-state index is 0.167. The molecule has 0 unspecified atom stereocenters. The Morgan fingerprint density at radius 3 is 2.43 bits per heavy atom. The van der Waals surface area contributed by atoms with Crippen molar-refractivity contribution < 1.29 is 13.2 Å². The largest absolute Gasteiger partial charge is 0.492 e. The van der Waals surface area contributed by atoms with E-state index in [4.69, 9.17) is 4.74 Å². The van der Waals surface area contributed by atoms with Crippen LogP contribution in [0, 0.1) is 20.8 Å². The molecule has 126 valence electrons. The lowest BCUT2D eigenvalue weighted by Crippen LogP contribution is -2.16. The Hall–Kier alpha value is -1.82. The lowest BCUT2D eigenvalue weighted by atomic mass is 10.1. The van der Waals surface area contributed by atoms with Crippen molar-refractivity contribution in [2.24, 2.45) is 0 Å². The maximum atomic E-state index is 12.8. The van der Waals surface area contributed by atoms with Crippen molar-refractivity contribution in [1.82, 2.24) is 9.19 Å². The molecule has 1 heterocycles. The third-order valence-corrected chi connectivity index (χ3v) is 5.36. The molecule has 0 saturated carbocycles. The van der Waals surface area contributed by atoms with Crippen molar-refractivity contribution in [2.75, 3.05) is 6.61 Å². The van der Waals surface area contributed by atoms with Gasteiger partial charge in [-0.1, -0.05) is 19.8 Å². The summed E-state index contributed by atoms with van der Waals surface area (Å²) >= 11 is 0. The molecule has 0 bridgehead atoms. The molecule has 0 radical (unpaired) electrons. The highest BCUT2D eigenvalue weighted by atomic mass is 32.2. The zero-order valence-electron chi connectivity index (χ0n) is 14.2. The van der Waals surface area contributed by atoms with Crippen molar-refractivity contribution in [3.8, 4) is 5.75 Å². The van der Waals surface area contributed by atoms with Crippen LogP contribution in [0.1, 0.15) is 43.0 Å². The van der Waals surface area contributed by atoms with Crippen LogP contribution in [-0.4, -0.2) is 24.2 Å². The van der Waals surface area contributed by atoms with E-state index in [1.54, 1.807) is 25.1 Å². The minimum Gasteiger partial charge on any atom is -0.492 e. The van der Waals surface area contributed by atoms with E-state index in [0.29, 0.717) is 18.1 Å². The van der Waals surface area contributed by atoms with Gasteiger partial charge >= 0.3 is 0 Å². The van der Waals surface area contributed by atoms with Crippen LogP contribution >= 0.6 is 0 Å². The summed E-state index contributed by atoms with van der Waals surface area (Å²) in [7, 11) is -3.75. The van der Waals surface area contributed by atoms with Crippen LogP contribution in [0.3, 0.4) is 0 Å². The third-order valence-electron chi connectivity index (χ3n) is 3.79. The Morgan fingerprint density at radius 1 is 1.13 bits per heavy atom. The Bertz CT molecular complexity index is 779. The summed E-state index contributed by atoms with van der Waals surface area (Å²) in [5.74, 6) is 0.400. The molecule has 0 fully saturated rings. The molecule has 0 N–H and O–H groups in total. The number of rotatable bonds is 7. The average molecular weight is 336 g/mol. The van der Waals surface area contributed by atoms with E-state index in [1.165, 1.54) is 6.20 Å². The summed E-state index contributed by atoms with van der Waals surface area (Å²) in [5, 5.41) is 4.03. The monoisotopic (exact) mass is 336 g/mol. The molecule has 0 spiro atoms. The maximum Gasteiger partial charge on any atom is 0.286 e. The fraction of sp³-hybridized carbons (Fsp3) is 0.471. The molecule has 1 aromatic carbocycles. The molecule has 0 aliphatic heterocycles. The Labute approximate surface area is 138 Å². The van der Waals surface area contributed by atoms with Crippen molar-refractivity contribution in [3.63, 3.8) is 0 Å². The Kier molecular flexibility index (Phi) is 5.46. The first-order valence-electron chi connectivity index (χ1n) is 7.88. The van der Waals surface area contributed by atoms with Gasteiger partial charge in [-0.2, -0.15) is 17.6 Å². The van der Waals surface area contributed by atoms with Gasteiger partial charge in [0, 0.05) is 6.20 Å². The molecule has 2 aromatic rings. The summed E-state index contributed by atoms with van der Waals surface area (Å²) in [6, 6.07) is 5.13. The first-order chi connectivity index (χ1) is 10.9. The molecule has 0 saturated heterocycles. The summed E-state index contributed by atoms with van der Waals surface area (Å²) in [6.45, 7) is 8.23. The smallest absolute Gasteiger partial charge is 0.286 e. The number of hydrogen-bond acceptors (Lipinski definition) is 4. The van der Waals surface area contributed by atoms with Crippen LogP contribution in [0.15, 0.2) is 29.3 Å². The zero-order valence-corrected chi connectivity index (χ0v) is 15.0. The zero-order chi connectivity index (χ0) is 17.0. The molecule has 6 heteroatoms. The molecule has 0 amide bonds. The number of ether oxygens (including phenoxy) is 1.